The van der Waals surface area contributed by atoms with Crippen molar-refractivity contribution in [2.24, 2.45) is 4.99 Å². The highest BCUT2D eigenvalue weighted by molar-refractivity contribution is 8.13. The van der Waals surface area contributed by atoms with E-state index in [1.54, 1.807) is 11.8 Å². The predicted molar refractivity (Wildman–Crippen MR) is 111 cm³/mol. The lowest BCUT2D eigenvalue weighted by Crippen LogP contribution is -2.22. The Hall–Kier alpha value is -2.26. The molecule has 1 N–H and O–H groups in total. The van der Waals surface area contributed by atoms with Gasteiger partial charge in [0.15, 0.2) is 5.17 Å². The third kappa shape index (κ3) is 5.36. The minimum absolute atomic E-state index is 0.934. The SMILES string of the molecule is C/N=C(/NCCCc1ccccc1)SCc1ccc2ccccc2c1. The van der Waals surface area contributed by atoms with Crippen molar-refractivity contribution in [1.82, 2.24) is 5.32 Å². The fourth-order valence-electron chi connectivity index (χ4n) is 2.81. The molecule has 0 unspecified atom stereocenters. The van der Waals surface area contributed by atoms with E-state index in [1.165, 1.54) is 21.9 Å². The van der Waals surface area contributed by atoms with Crippen LogP contribution in [0.4, 0.5) is 0 Å². The monoisotopic (exact) mass is 348 g/mol. The maximum absolute atomic E-state index is 4.38. The van der Waals surface area contributed by atoms with Gasteiger partial charge in [-0.05, 0) is 34.7 Å². The van der Waals surface area contributed by atoms with Crippen LogP contribution in [0.2, 0.25) is 0 Å². The Balaban J connectivity index is 1.45. The van der Waals surface area contributed by atoms with Crippen molar-refractivity contribution < 1.29 is 0 Å². The van der Waals surface area contributed by atoms with Crippen LogP contribution in [0, 0.1) is 0 Å². The summed E-state index contributed by atoms with van der Waals surface area (Å²) in [5.74, 6) is 0.934. The number of aryl methyl sites for hydroxylation is 1. The van der Waals surface area contributed by atoms with Crippen LogP contribution in [-0.4, -0.2) is 18.8 Å². The summed E-state index contributed by atoms with van der Waals surface area (Å²) in [4.78, 5) is 4.38. The topological polar surface area (TPSA) is 24.4 Å². The molecule has 0 saturated carbocycles. The first-order valence-electron chi connectivity index (χ1n) is 8.70. The molecule has 0 spiro atoms. The number of thioether (sulfide) groups is 1. The van der Waals surface area contributed by atoms with Crippen molar-refractivity contribution >= 4 is 27.7 Å². The molecule has 0 aromatic heterocycles. The zero-order valence-electron chi connectivity index (χ0n) is 14.6. The van der Waals surface area contributed by atoms with Gasteiger partial charge in [0.25, 0.3) is 0 Å². The van der Waals surface area contributed by atoms with Crippen molar-refractivity contribution in [3.05, 3.63) is 83.9 Å². The van der Waals surface area contributed by atoms with Crippen molar-refractivity contribution in [3.8, 4) is 0 Å². The van der Waals surface area contributed by atoms with E-state index in [9.17, 15) is 0 Å². The van der Waals surface area contributed by atoms with Crippen LogP contribution in [0.3, 0.4) is 0 Å². The second-order valence-electron chi connectivity index (χ2n) is 6.01. The number of benzene rings is 3. The quantitative estimate of drug-likeness (QED) is 0.372. The van der Waals surface area contributed by atoms with Gasteiger partial charge in [-0.3, -0.25) is 4.99 Å². The molecule has 2 nitrogen and oxygen atoms in total. The van der Waals surface area contributed by atoms with Crippen LogP contribution in [0.25, 0.3) is 10.8 Å². The zero-order valence-corrected chi connectivity index (χ0v) is 15.4. The molecular formula is C22H24N2S. The molecule has 0 bridgehead atoms. The normalized spacial score (nSPS) is 11.6. The molecule has 128 valence electrons. The van der Waals surface area contributed by atoms with Crippen LogP contribution >= 0.6 is 11.8 Å². The Morgan fingerprint density at radius 3 is 2.44 bits per heavy atom. The summed E-state index contributed by atoms with van der Waals surface area (Å²) >= 11 is 1.77. The van der Waals surface area contributed by atoms with E-state index in [2.05, 4.69) is 83.1 Å². The Morgan fingerprint density at radius 2 is 1.64 bits per heavy atom. The van der Waals surface area contributed by atoms with Crippen LogP contribution in [-0.2, 0) is 12.2 Å². The molecular weight excluding hydrogens is 324 g/mol. The highest BCUT2D eigenvalue weighted by Crippen LogP contribution is 2.19. The maximum atomic E-state index is 4.38. The molecule has 0 saturated heterocycles. The Bertz CT molecular complexity index is 828. The van der Waals surface area contributed by atoms with E-state index in [1.807, 2.05) is 7.05 Å². The first-order valence-corrected chi connectivity index (χ1v) is 9.69. The fourth-order valence-corrected chi connectivity index (χ4v) is 3.62. The number of aliphatic imine (C=N–C) groups is 1. The Labute approximate surface area is 154 Å². The van der Waals surface area contributed by atoms with E-state index in [-0.39, 0.29) is 0 Å². The number of rotatable bonds is 6. The summed E-state index contributed by atoms with van der Waals surface area (Å²) in [6.07, 6.45) is 2.21. The van der Waals surface area contributed by atoms with Gasteiger partial charge in [0, 0.05) is 19.3 Å². The second kappa shape index (κ2) is 9.28. The molecule has 0 aliphatic heterocycles. The molecule has 0 radical (unpaired) electrons. The molecule has 3 heteroatoms. The number of amidine groups is 1. The lowest BCUT2D eigenvalue weighted by Gasteiger charge is -2.09. The number of nitrogens with one attached hydrogen (secondary N) is 1. The highest BCUT2D eigenvalue weighted by Gasteiger charge is 2.02. The first kappa shape index (κ1) is 17.6. The van der Waals surface area contributed by atoms with Gasteiger partial charge >= 0.3 is 0 Å². The summed E-state index contributed by atoms with van der Waals surface area (Å²) in [6, 6.07) is 25.8. The van der Waals surface area contributed by atoms with E-state index >= 15 is 0 Å². The average Bonchev–Trinajstić information content (AvgIpc) is 2.68. The van der Waals surface area contributed by atoms with Gasteiger partial charge in [-0.2, -0.15) is 0 Å². The molecule has 3 rings (SSSR count). The second-order valence-corrected chi connectivity index (χ2v) is 6.98. The Kier molecular flexibility index (Phi) is 6.52. The average molecular weight is 349 g/mol. The molecule has 3 aromatic carbocycles. The number of nitrogens with zero attached hydrogens (tertiary/aromatic N) is 1. The molecule has 3 aromatic rings. The van der Waals surface area contributed by atoms with E-state index < -0.39 is 0 Å². The summed E-state index contributed by atoms with van der Waals surface area (Å²) in [7, 11) is 1.85. The van der Waals surface area contributed by atoms with Gasteiger partial charge in [-0.15, -0.1) is 0 Å². The summed E-state index contributed by atoms with van der Waals surface area (Å²) in [6.45, 7) is 0.951. The molecule has 0 aliphatic rings. The number of fused-ring (bicyclic) bond motifs is 1. The highest BCUT2D eigenvalue weighted by atomic mass is 32.2. The lowest BCUT2D eigenvalue weighted by molar-refractivity contribution is 0.777. The fraction of sp³-hybridized carbons (Fsp3) is 0.227. The minimum atomic E-state index is 0.934. The summed E-state index contributed by atoms with van der Waals surface area (Å²) in [5, 5.41) is 7.06. The third-order valence-corrected chi connectivity index (χ3v) is 5.23. The summed E-state index contributed by atoms with van der Waals surface area (Å²) < 4.78 is 0. The van der Waals surface area contributed by atoms with Crippen LogP contribution in [0.15, 0.2) is 77.8 Å². The molecule has 0 fully saturated rings. The van der Waals surface area contributed by atoms with E-state index in [4.69, 9.17) is 0 Å². The Morgan fingerprint density at radius 1 is 0.880 bits per heavy atom. The van der Waals surface area contributed by atoms with Gasteiger partial charge in [0.2, 0.25) is 0 Å². The van der Waals surface area contributed by atoms with Gasteiger partial charge in [-0.1, -0.05) is 84.6 Å². The van der Waals surface area contributed by atoms with Crippen LogP contribution < -0.4 is 5.32 Å². The van der Waals surface area contributed by atoms with E-state index in [0.29, 0.717) is 0 Å². The standard InChI is InChI=1S/C22H24N2S/c1-23-22(24-15-7-10-18-8-3-2-4-9-18)25-17-19-13-14-20-11-5-6-12-21(20)16-19/h2-6,8-9,11-14,16H,7,10,15,17H2,1H3,(H,23,24). The molecule has 0 heterocycles. The molecule has 0 aliphatic carbocycles. The first-order chi connectivity index (χ1) is 12.3. The van der Waals surface area contributed by atoms with E-state index in [0.717, 1.165) is 30.3 Å². The van der Waals surface area contributed by atoms with Crippen molar-refractivity contribution in [2.75, 3.05) is 13.6 Å². The zero-order chi connectivity index (χ0) is 17.3. The molecule has 0 amide bonds. The molecule has 25 heavy (non-hydrogen) atoms. The third-order valence-electron chi connectivity index (χ3n) is 4.15. The largest absolute Gasteiger partial charge is 0.365 e. The maximum Gasteiger partial charge on any atom is 0.156 e. The van der Waals surface area contributed by atoms with Crippen molar-refractivity contribution in [2.45, 2.75) is 18.6 Å². The smallest absolute Gasteiger partial charge is 0.156 e. The van der Waals surface area contributed by atoms with Gasteiger partial charge in [-0.25, -0.2) is 0 Å². The predicted octanol–water partition coefficient (Wildman–Crippen LogP) is 5.28. The van der Waals surface area contributed by atoms with Crippen molar-refractivity contribution in [1.29, 1.82) is 0 Å². The van der Waals surface area contributed by atoms with Crippen molar-refractivity contribution in [3.63, 3.8) is 0 Å². The van der Waals surface area contributed by atoms with Crippen LogP contribution in [0.5, 0.6) is 0 Å². The lowest BCUT2D eigenvalue weighted by atomic mass is 10.1. The van der Waals surface area contributed by atoms with Gasteiger partial charge in [0.05, 0.1) is 0 Å². The number of hydrogen-bond donors (Lipinski definition) is 1. The summed E-state index contributed by atoms with van der Waals surface area (Å²) in [5.41, 5.74) is 2.72. The van der Waals surface area contributed by atoms with Gasteiger partial charge < -0.3 is 5.32 Å². The van der Waals surface area contributed by atoms with Crippen LogP contribution in [0.1, 0.15) is 17.5 Å². The molecule has 0 atom stereocenters. The number of hydrogen-bond acceptors (Lipinski definition) is 2. The van der Waals surface area contributed by atoms with Gasteiger partial charge in [0.1, 0.15) is 0 Å². The minimum Gasteiger partial charge on any atom is -0.365 e.